The molecule has 0 bridgehead atoms. The van der Waals surface area contributed by atoms with Gasteiger partial charge in [-0.3, -0.25) is 4.79 Å². The lowest BCUT2D eigenvalue weighted by Gasteiger charge is -2.18. The second-order valence-electron chi connectivity index (χ2n) is 5.31. The number of halogens is 1. The Balaban J connectivity index is 2.45. The van der Waals surface area contributed by atoms with E-state index in [9.17, 15) is 4.79 Å². The van der Waals surface area contributed by atoms with Gasteiger partial charge in [0.15, 0.2) is 0 Å². The van der Waals surface area contributed by atoms with Crippen LogP contribution >= 0.6 is 15.9 Å². The van der Waals surface area contributed by atoms with Crippen LogP contribution in [-0.4, -0.2) is 26.0 Å². The van der Waals surface area contributed by atoms with Crippen LogP contribution in [-0.2, 0) is 11.2 Å². The van der Waals surface area contributed by atoms with Gasteiger partial charge in [0.2, 0.25) is 5.91 Å². The van der Waals surface area contributed by atoms with Crippen LogP contribution in [0.1, 0.15) is 25.8 Å². The molecule has 0 saturated heterocycles. The Bertz CT molecular complexity index is 423. The highest BCUT2D eigenvalue weighted by Crippen LogP contribution is 2.16. The van der Waals surface area contributed by atoms with Gasteiger partial charge >= 0.3 is 0 Å². The summed E-state index contributed by atoms with van der Waals surface area (Å²) in [6.07, 6.45) is 2.06. The largest absolute Gasteiger partial charge is 0.356 e. The maximum Gasteiger partial charge on any atom is 0.224 e. The molecular formula is C16H25BrN2O. The van der Waals surface area contributed by atoms with E-state index in [0.29, 0.717) is 12.5 Å². The normalized spacial score (nSPS) is 13.8. The smallest absolute Gasteiger partial charge is 0.224 e. The van der Waals surface area contributed by atoms with Gasteiger partial charge in [-0.25, -0.2) is 0 Å². The number of carbonyl (C=O) groups excluding carboxylic acids is 1. The summed E-state index contributed by atoms with van der Waals surface area (Å²) in [4.78, 5) is 11.9. The van der Waals surface area contributed by atoms with E-state index in [1.165, 1.54) is 5.56 Å². The van der Waals surface area contributed by atoms with Crippen LogP contribution in [0.3, 0.4) is 0 Å². The maximum atomic E-state index is 11.9. The van der Waals surface area contributed by atoms with E-state index in [-0.39, 0.29) is 11.8 Å². The van der Waals surface area contributed by atoms with Crippen molar-refractivity contribution in [2.75, 3.05) is 20.1 Å². The molecule has 2 unspecified atom stereocenters. The van der Waals surface area contributed by atoms with Crippen molar-refractivity contribution in [1.82, 2.24) is 10.6 Å². The molecule has 0 heterocycles. The van der Waals surface area contributed by atoms with Crippen LogP contribution < -0.4 is 10.6 Å². The molecule has 3 nitrogen and oxygen atoms in total. The van der Waals surface area contributed by atoms with E-state index < -0.39 is 0 Å². The van der Waals surface area contributed by atoms with Gasteiger partial charge in [0.05, 0.1) is 0 Å². The predicted octanol–water partition coefficient (Wildman–Crippen LogP) is 2.99. The van der Waals surface area contributed by atoms with Gasteiger partial charge < -0.3 is 10.6 Å². The van der Waals surface area contributed by atoms with Gasteiger partial charge in [-0.1, -0.05) is 48.3 Å². The van der Waals surface area contributed by atoms with Gasteiger partial charge in [-0.05, 0) is 37.1 Å². The Morgan fingerprint density at radius 2 is 2.10 bits per heavy atom. The van der Waals surface area contributed by atoms with Crippen LogP contribution in [0.25, 0.3) is 0 Å². The maximum absolute atomic E-state index is 11.9. The van der Waals surface area contributed by atoms with Crippen molar-refractivity contribution in [2.24, 2.45) is 11.8 Å². The Kier molecular flexibility index (Phi) is 7.85. The summed E-state index contributed by atoms with van der Waals surface area (Å²) in [5, 5.41) is 6.09. The van der Waals surface area contributed by atoms with Gasteiger partial charge in [-0.15, -0.1) is 0 Å². The zero-order valence-electron chi connectivity index (χ0n) is 12.6. The molecule has 0 spiro atoms. The first kappa shape index (κ1) is 17.2. The summed E-state index contributed by atoms with van der Waals surface area (Å²) < 4.78 is 1.11. The molecule has 2 atom stereocenters. The van der Waals surface area contributed by atoms with Crippen molar-refractivity contribution in [1.29, 1.82) is 0 Å². The van der Waals surface area contributed by atoms with E-state index in [0.717, 1.165) is 23.9 Å². The number of hydrogen-bond acceptors (Lipinski definition) is 2. The zero-order valence-corrected chi connectivity index (χ0v) is 14.2. The van der Waals surface area contributed by atoms with Crippen LogP contribution in [0.2, 0.25) is 0 Å². The van der Waals surface area contributed by atoms with Crippen molar-refractivity contribution in [3.8, 4) is 0 Å². The quantitative estimate of drug-likeness (QED) is 0.763. The average Bonchev–Trinajstić information content (AvgIpc) is 2.43. The van der Waals surface area contributed by atoms with Crippen LogP contribution in [0.5, 0.6) is 0 Å². The number of carbonyl (C=O) groups is 1. The monoisotopic (exact) mass is 340 g/mol. The van der Waals surface area contributed by atoms with Crippen LogP contribution in [0.15, 0.2) is 28.7 Å². The summed E-state index contributed by atoms with van der Waals surface area (Å²) in [6.45, 7) is 5.58. The first-order valence-corrected chi connectivity index (χ1v) is 8.02. The number of amides is 1. The molecule has 0 aliphatic carbocycles. The minimum absolute atomic E-state index is 0.0170. The zero-order chi connectivity index (χ0) is 15.0. The van der Waals surface area contributed by atoms with Gasteiger partial charge in [0.1, 0.15) is 0 Å². The Hall–Kier alpha value is -0.870. The van der Waals surface area contributed by atoms with Gasteiger partial charge in [-0.2, -0.15) is 0 Å². The van der Waals surface area contributed by atoms with E-state index >= 15 is 0 Å². The summed E-state index contributed by atoms with van der Waals surface area (Å²) in [5.74, 6) is 0.630. The molecule has 0 aliphatic rings. The third-order valence-corrected chi connectivity index (χ3v) is 4.01. The average molecular weight is 341 g/mol. The highest BCUT2D eigenvalue weighted by Gasteiger charge is 2.14. The molecule has 2 N–H and O–H groups in total. The van der Waals surface area contributed by atoms with E-state index in [4.69, 9.17) is 0 Å². The minimum atomic E-state index is 0.0170. The van der Waals surface area contributed by atoms with E-state index in [1.54, 1.807) is 0 Å². The Morgan fingerprint density at radius 3 is 2.70 bits per heavy atom. The van der Waals surface area contributed by atoms with Crippen LogP contribution in [0.4, 0.5) is 0 Å². The molecule has 0 radical (unpaired) electrons. The SMILES string of the molecule is CCC(CNC(=O)C(C)CNC)Cc1cccc(Br)c1. The molecule has 0 aliphatic heterocycles. The third kappa shape index (κ3) is 6.06. The van der Waals surface area contributed by atoms with Crippen molar-refractivity contribution in [3.63, 3.8) is 0 Å². The number of benzene rings is 1. The first-order valence-electron chi connectivity index (χ1n) is 7.23. The molecule has 1 amide bonds. The van der Waals surface area contributed by atoms with Crippen molar-refractivity contribution in [2.45, 2.75) is 26.7 Å². The fourth-order valence-electron chi connectivity index (χ4n) is 2.18. The lowest BCUT2D eigenvalue weighted by Crippen LogP contribution is -2.37. The van der Waals surface area contributed by atoms with Crippen molar-refractivity contribution < 1.29 is 4.79 Å². The molecule has 0 fully saturated rings. The summed E-state index contributed by atoms with van der Waals surface area (Å²) in [6, 6.07) is 8.37. The first-order chi connectivity index (χ1) is 9.56. The lowest BCUT2D eigenvalue weighted by atomic mass is 9.96. The highest BCUT2D eigenvalue weighted by molar-refractivity contribution is 9.10. The standard InChI is InChI=1S/C16H25BrN2O/c1-4-13(8-14-6-5-7-15(17)9-14)11-19-16(20)12(2)10-18-3/h5-7,9,12-13,18H,4,8,10-11H2,1-3H3,(H,19,20). The van der Waals surface area contributed by atoms with Gasteiger partial charge in [0, 0.05) is 23.5 Å². The van der Waals surface area contributed by atoms with Crippen molar-refractivity contribution in [3.05, 3.63) is 34.3 Å². The number of nitrogens with one attached hydrogen (secondary N) is 2. The highest BCUT2D eigenvalue weighted by atomic mass is 79.9. The van der Waals surface area contributed by atoms with Crippen molar-refractivity contribution >= 4 is 21.8 Å². The molecule has 1 rings (SSSR count). The summed E-state index contributed by atoms with van der Waals surface area (Å²) in [5.41, 5.74) is 1.31. The molecule has 20 heavy (non-hydrogen) atoms. The van der Waals surface area contributed by atoms with E-state index in [1.807, 2.05) is 20.0 Å². The topological polar surface area (TPSA) is 41.1 Å². The molecule has 0 aromatic heterocycles. The number of hydrogen-bond donors (Lipinski definition) is 2. The van der Waals surface area contributed by atoms with Gasteiger partial charge in [0.25, 0.3) is 0 Å². The second-order valence-corrected chi connectivity index (χ2v) is 6.23. The molecule has 112 valence electrons. The summed E-state index contributed by atoms with van der Waals surface area (Å²) >= 11 is 3.50. The fraction of sp³-hybridized carbons (Fsp3) is 0.562. The molecule has 0 saturated carbocycles. The molecule has 1 aromatic carbocycles. The minimum Gasteiger partial charge on any atom is -0.356 e. The number of rotatable bonds is 8. The fourth-order valence-corrected chi connectivity index (χ4v) is 2.62. The molecule has 1 aromatic rings. The second kappa shape index (κ2) is 9.14. The Morgan fingerprint density at radius 1 is 1.35 bits per heavy atom. The summed E-state index contributed by atoms with van der Waals surface area (Å²) in [7, 11) is 1.87. The van der Waals surface area contributed by atoms with E-state index in [2.05, 4.69) is 51.7 Å². The molecular weight excluding hydrogens is 316 g/mol. The predicted molar refractivity (Wildman–Crippen MR) is 87.7 cm³/mol. The van der Waals surface area contributed by atoms with Crippen LogP contribution in [0, 0.1) is 11.8 Å². The third-order valence-electron chi connectivity index (χ3n) is 3.51. The Labute approximate surface area is 130 Å². The molecule has 4 heteroatoms. The lowest BCUT2D eigenvalue weighted by molar-refractivity contribution is -0.124.